The van der Waals surface area contributed by atoms with Crippen LogP contribution in [0.25, 0.3) is 0 Å². The molecular formula is C12H20N4S. The summed E-state index contributed by atoms with van der Waals surface area (Å²) in [6.45, 7) is 2.13. The molecule has 0 radical (unpaired) electrons. The Hall–Kier alpha value is -0.810. The maximum Gasteiger partial charge on any atom is 0.144 e. The van der Waals surface area contributed by atoms with Crippen LogP contribution in [0.2, 0.25) is 0 Å². The van der Waals surface area contributed by atoms with Gasteiger partial charge in [0.1, 0.15) is 16.7 Å². The van der Waals surface area contributed by atoms with Crippen LogP contribution >= 0.6 is 11.8 Å². The molecule has 0 aliphatic heterocycles. The number of aryl methyl sites for hydroxylation is 1. The summed E-state index contributed by atoms with van der Waals surface area (Å²) in [5.74, 6) is 7.06. The Morgan fingerprint density at radius 2 is 2.18 bits per heavy atom. The molecule has 1 fully saturated rings. The van der Waals surface area contributed by atoms with E-state index in [1.165, 1.54) is 25.7 Å². The van der Waals surface area contributed by atoms with Gasteiger partial charge in [0, 0.05) is 17.7 Å². The summed E-state index contributed by atoms with van der Waals surface area (Å²) in [4.78, 5) is 8.95. The van der Waals surface area contributed by atoms with Crippen molar-refractivity contribution in [3.8, 4) is 0 Å². The maximum absolute atomic E-state index is 5.44. The summed E-state index contributed by atoms with van der Waals surface area (Å²) >= 11 is 1.87. The highest BCUT2D eigenvalue weighted by molar-refractivity contribution is 7.99. The van der Waals surface area contributed by atoms with Gasteiger partial charge in [0.2, 0.25) is 0 Å². The molecular weight excluding hydrogens is 232 g/mol. The van der Waals surface area contributed by atoms with Crippen LogP contribution in [0.1, 0.15) is 44.9 Å². The quantitative estimate of drug-likeness (QED) is 0.479. The Balaban J connectivity index is 2.10. The zero-order chi connectivity index (χ0) is 12.1. The number of anilines is 1. The van der Waals surface area contributed by atoms with Crippen LogP contribution in [0.5, 0.6) is 0 Å². The third-order valence-corrected chi connectivity index (χ3v) is 4.22. The van der Waals surface area contributed by atoms with Gasteiger partial charge in [-0.05, 0) is 19.3 Å². The highest BCUT2D eigenvalue weighted by atomic mass is 32.2. The lowest BCUT2D eigenvalue weighted by Crippen LogP contribution is -2.11. The van der Waals surface area contributed by atoms with Crippen molar-refractivity contribution in [3.63, 3.8) is 0 Å². The summed E-state index contributed by atoms with van der Waals surface area (Å²) in [5, 5.41) is 1.79. The van der Waals surface area contributed by atoms with Gasteiger partial charge in [-0.15, -0.1) is 11.8 Å². The molecule has 4 nitrogen and oxygen atoms in total. The number of nitrogens with one attached hydrogen (secondary N) is 1. The molecule has 1 aliphatic carbocycles. The molecule has 1 aromatic heterocycles. The Kier molecular flexibility index (Phi) is 4.62. The number of hydrogen-bond acceptors (Lipinski definition) is 5. The van der Waals surface area contributed by atoms with E-state index in [0.717, 1.165) is 34.8 Å². The normalized spacial score (nSPS) is 16.4. The third kappa shape index (κ3) is 3.57. The van der Waals surface area contributed by atoms with Crippen LogP contribution in [0.4, 0.5) is 5.82 Å². The van der Waals surface area contributed by atoms with Gasteiger partial charge in [-0.3, -0.25) is 0 Å². The van der Waals surface area contributed by atoms with Crippen LogP contribution in [0, 0.1) is 0 Å². The molecule has 0 aromatic carbocycles. The van der Waals surface area contributed by atoms with Gasteiger partial charge in [0.15, 0.2) is 0 Å². The first-order valence-electron chi connectivity index (χ1n) is 6.33. The second kappa shape index (κ2) is 6.21. The van der Waals surface area contributed by atoms with E-state index in [2.05, 4.69) is 22.3 Å². The summed E-state index contributed by atoms with van der Waals surface area (Å²) in [5.41, 5.74) is 2.63. The van der Waals surface area contributed by atoms with E-state index in [4.69, 9.17) is 5.84 Å². The van der Waals surface area contributed by atoms with Crippen molar-refractivity contribution in [3.05, 3.63) is 11.9 Å². The molecule has 0 bridgehead atoms. The summed E-state index contributed by atoms with van der Waals surface area (Å²) in [7, 11) is 0. The molecule has 0 unspecified atom stereocenters. The zero-order valence-corrected chi connectivity index (χ0v) is 11.1. The van der Waals surface area contributed by atoms with Crippen molar-refractivity contribution >= 4 is 17.6 Å². The fourth-order valence-corrected chi connectivity index (χ4v) is 3.37. The number of nitrogens with zero attached hydrogens (tertiary/aromatic N) is 2. The molecule has 0 spiro atoms. The minimum absolute atomic E-state index is 0.726. The topological polar surface area (TPSA) is 63.8 Å². The van der Waals surface area contributed by atoms with Crippen molar-refractivity contribution in [1.29, 1.82) is 0 Å². The van der Waals surface area contributed by atoms with E-state index < -0.39 is 0 Å². The van der Waals surface area contributed by atoms with Crippen molar-refractivity contribution in [1.82, 2.24) is 9.97 Å². The SMILES string of the molecule is CCCc1nc(NN)cc(SC2CCCC2)n1. The van der Waals surface area contributed by atoms with E-state index in [0.29, 0.717) is 0 Å². The average Bonchev–Trinajstić information content (AvgIpc) is 2.82. The van der Waals surface area contributed by atoms with E-state index in [1.54, 1.807) is 0 Å². The van der Waals surface area contributed by atoms with Crippen LogP contribution in [0.3, 0.4) is 0 Å². The van der Waals surface area contributed by atoms with Crippen LogP contribution in [-0.2, 0) is 6.42 Å². The van der Waals surface area contributed by atoms with Crippen LogP contribution < -0.4 is 11.3 Å². The number of nitrogen functional groups attached to an aromatic ring is 1. The largest absolute Gasteiger partial charge is 0.308 e. The Morgan fingerprint density at radius 3 is 2.82 bits per heavy atom. The van der Waals surface area contributed by atoms with Crippen molar-refractivity contribution in [2.75, 3.05) is 5.43 Å². The van der Waals surface area contributed by atoms with Gasteiger partial charge in [0.05, 0.1) is 0 Å². The first-order valence-corrected chi connectivity index (χ1v) is 7.21. The Labute approximate surface area is 107 Å². The minimum Gasteiger partial charge on any atom is -0.308 e. The molecule has 0 atom stereocenters. The van der Waals surface area contributed by atoms with E-state index >= 15 is 0 Å². The molecule has 3 N–H and O–H groups in total. The summed E-state index contributed by atoms with van der Waals surface area (Å²) < 4.78 is 0. The number of nitrogens with two attached hydrogens (primary N) is 1. The highest BCUT2D eigenvalue weighted by Crippen LogP contribution is 2.34. The maximum atomic E-state index is 5.44. The van der Waals surface area contributed by atoms with Gasteiger partial charge < -0.3 is 5.43 Å². The molecule has 0 amide bonds. The van der Waals surface area contributed by atoms with E-state index in [-0.39, 0.29) is 0 Å². The van der Waals surface area contributed by atoms with Gasteiger partial charge in [-0.1, -0.05) is 19.8 Å². The first-order chi connectivity index (χ1) is 8.31. The van der Waals surface area contributed by atoms with Crippen molar-refractivity contribution in [2.24, 2.45) is 5.84 Å². The number of hydrogen-bond donors (Lipinski definition) is 2. The van der Waals surface area contributed by atoms with Gasteiger partial charge in [0.25, 0.3) is 0 Å². The molecule has 5 heteroatoms. The Morgan fingerprint density at radius 1 is 1.41 bits per heavy atom. The smallest absolute Gasteiger partial charge is 0.144 e. The fourth-order valence-electron chi connectivity index (χ4n) is 2.12. The standard InChI is InChI=1S/C12H20N4S/c1-2-5-10-14-11(16-13)8-12(15-10)17-9-6-3-4-7-9/h8-9H,2-7,13H2,1H3,(H,14,15,16). The van der Waals surface area contributed by atoms with Gasteiger partial charge >= 0.3 is 0 Å². The van der Waals surface area contributed by atoms with Crippen molar-refractivity contribution < 1.29 is 0 Å². The molecule has 1 aromatic rings. The molecule has 2 rings (SSSR count). The monoisotopic (exact) mass is 252 g/mol. The van der Waals surface area contributed by atoms with E-state index in [9.17, 15) is 0 Å². The van der Waals surface area contributed by atoms with Crippen LogP contribution in [0.15, 0.2) is 11.1 Å². The fraction of sp³-hybridized carbons (Fsp3) is 0.667. The average molecular weight is 252 g/mol. The first kappa shape index (κ1) is 12.6. The molecule has 1 saturated carbocycles. The molecule has 1 heterocycles. The summed E-state index contributed by atoms with van der Waals surface area (Å²) in [6, 6.07) is 1.95. The second-order valence-electron chi connectivity index (χ2n) is 4.43. The zero-order valence-electron chi connectivity index (χ0n) is 10.3. The number of aromatic nitrogens is 2. The number of rotatable bonds is 5. The molecule has 17 heavy (non-hydrogen) atoms. The molecule has 94 valence electrons. The number of hydrazine groups is 1. The second-order valence-corrected chi connectivity index (χ2v) is 5.75. The van der Waals surface area contributed by atoms with Gasteiger partial charge in [-0.2, -0.15) is 0 Å². The predicted molar refractivity (Wildman–Crippen MR) is 72.0 cm³/mol. The summed E-state index contributed by atoms with van der Waals surface area (Å²) in [6.07, 6.45) is 7.29. The van der Waals surface area contributed by atoms with Crippen LogP contribution in [-0.4, -0.2) is 15.2 Å². The predicted octanol–water partition coefficient (Wildman–Crippen LogP) is 2.75. The van der Waals surface area contributed by atoms with Crippen molar-refractivity contribution in [2.45, 2.75) is 55.7 Å². The molecule has 0 saturated heterocycles. The lowest BCUT2D eigenvalue weighted by atomic mass is 10.3. The molecule has 1 aliphatic rings. The minimum atomic E-state index is 0.726. The lowest BCUT2D eigenvalue weighted by molar-refractivity contribution is 0.807. The Bertz CT molecular complexity index is 364. The van der Waals surface area contributed by atoms with Gasteiger partial charge in [-0.25, -0.2) is 15.8 Å². The van der Waals surface area contributed by atoms with E-state index in [1.807, 2.05) is 17.8 Å². The lowest BCUT2D eigenvalue weighted by Gasteiger charge is -2.10. The highest BCUT2D eigenvalue weighted by Gasteiger charge is 2.17. The third-order valence-electron chi connectivity index (χ3n) is 2.96. The number of thioether (sulfide) groups is 1.